The zero-order chi connectivity index (χ0) is 30.9. The lowest BCUT2D eigenvalue weighted by Gasteiger charge is -2.32. The van der Waals surface area contributed by atoms with Crippen molar-refractivity contribution >= 4 is 39.1 Å². The van der Waals surface area contributed by atoms with Crippen molar-refractivity contribution in [1.82, 2.24) is 10.2 Å². The first-order valence-electron chi connectivity index (χ1n) is 13.6. The molecule has 11 heteroatoms. The Kier molecular flexibility index (Phi) is 11.6. The first-order valence-corrected chi connectivity index (χ1v) is 15.5. The maximum atomic E-state index is 14.1. The molecule has 3 aromatic carbocycles. The third-order valence-corrected chi connectivity index (χ3v) is 8.82. The van der Waals surface area contributed by atoms with E-state index >= 15 is 0 Å². The maximum Gasteiger partial charge on any atom is 0.264 e. The van der Waals surface area contributed by atoms with Crippen LogP contribution >= 0.6 is 11.6 Å². The average Bonchev–Trinajstić information content (AvgIpc) is 2.98. The van der Waals surface area contributed by atoms with Crippen molar-refractivity contribution in [2.75, 3.05) is 31.6 Å². The normalized spacial score (nSPS) is 11.9. The quantitative estimate of drug-likeness (QED) is 0.250. The molecule has 1 atom stereocenters. The minimum Gasteiger partial charge on any atom is -0.497 e. The van der Waals surface area contributed by atoms with E-state index in [0.717, 1.165) is 28.3 Å². The fourth-order valence-corrected chi connectivity index (χ4v) is 5.84. The fourth-order valence-electron chi connectivity index (χ4n) is 4.26. The van der Waals surface area contributed by atoms with Crippen molar-refractivity contribution in [2.45, 2.75) is 51.1 Å². The number of methoxy groups -OCH3 is 2. The molecule has 1 N–H and O–H groups in total. The Morgan fingerprint density at radius 1 is 0.976 bits per heavy atom. The molecule has 3 aromatic rings. The molecule has 2 amide bonds. The molecule has 0 spiro atoms. The highest BCUT2D eigenvalue weighted by molar-refractivity contribution is 7.92. The molecule has 9 nitrogen and oxygen atoms in total. The summed E-state index contributed by atoms with van der Waals surface area (Å²) >= 11 is 6.28. The topological polar surface area (TPSA) is 105 Å². The van der Waals surface area contributed by atoms with Crippen LogP contribution in [0.1, 0.15) is 37.8 Å². The number of hydrogen-bond donors (Lipinski definition) is 1. The molecule has 0 aromatic heterocycles. The van der Waals surface area contributed by atoms with Gasteiger partial charge in [0, 0.05) is 18.1 Å². The van der Waals surface area contributed by atoms with Gasteiger partial charge in [-0.1, -0.05) is 54.8 Å². The maximum absolute atomic E-state index is 14.1. The molecule has 0 aliphatic rings. The lowest BCUT2D eigenvalue weighted by atomic mass is 10.1. The van der Waals surface area contributed by atoms with Gasteiger partial charge in [-0.3, -0.25) is 13.9 Å². The van der Waals surface area contributed by atoms with Gasteiger partial charge in [-0.2, -0.15) is 0 Å². The number of aryl methyl sites for hydroxylation is 1. The molecule has 226 valence electrons. The number of carbonyl (C=O) groups is 2. The van der Waals surface area contributed by atoms with Crippen LogP contribution in [0.4, 0.5) is 5.69 Å². The Hall–Kier alpha value is -3.76. The number of nitrogens with zero attached hydrogens (tertiary/aromatic N) is 2. The van der Waals surface area contributed by atoms with E-state index in [1.54, 1.807) is 62.6 Å². The van der Waals surface area contributed by atoms with Crippen LogP contribution in [0, 0.1) is 6.92 Å². The number of halogens is 1. The van der Waals surface area contributed by atoms with Crippen LogP contribution in [0.25, 0.3) is 0 Å². The first-order chi connectivity index (χ1) is 20.0. The van der Waals surface area contributed by atoms with Crippen molar-refractivity contribution in [2.24, 2.45) is 0 Å². The number of nitrogens with one attached hydrogen (secondary N) is 1. The predicted molar refractivity (Wildman–Crippen MR) is 165 cm³/mol. The molecular formula is C31H38ClN3O6S. The number of unbranched alkanes of at least 4 members (excludes halogenated alkanes) is 1. The van der Waals surface area contributed by atoms with Gasteiger partial charge in [-0.25, -0.2) is 8.42 Å². The zero-order valence-corrected chi connectivity index (χ0v) is 26.2. The summed E-state index contributed by atoms with van der Waals surface area (Å²) < 4.78 is 39.8. The smallest absolute Gasteiger partial charge is 0.264 e. The van der Waals surface area contributed by atoms with E-state index < -0.39 is 28.5 Å². The summed E-state index contributed by atoms with van der Waals surface area (Å²) in [6, 6.07) is 17.1. The lowest BCUT2D eigenvalue weighted by molar-refractivity contribution is -0.139. The van der Waals surface area contributed by atoms with Gasteiger partial charge in [-0.15, -0.1) is 0 Å². The number of ether oxygens (including phenoxy) is 2. The third kappa shape index (κ3) is 8.17. The molecule has 0 fully saturated rings. The van der Waals surface area contributed by atoms with Crippen molar-refractivity contribution in [3.63, 3.8) is 0 Å². The minimum absolute atomic E-state index is 0.00464. The Bertz CT molecular complexity index is 1460. The second kappa shape index (κ2) is 14.9. The van der Waals surface area contributed by atoms with E-state index in [-0.39, 0.29) is 33.8 Å². The minimum atomic E-state index is -4.26. The van der Waals surface area contributed by atoms with Gasteiger partial charge < -0.3 is 19.7 Å². The van der Waals surface area contributed by atoms with Crippen molar-refractivity contribution in [1.29, 1.82) is 0 Å². The van der Waals surface area contributed by atoms with Crippen LogP contribution in [0.5, 0.6) is 11.5 Å². The molecule has 0 aliphatic heterocycles. The second-order valence-corrected chi connectivity index (χ2v) is 12.1. The number of rotatable bonds is 14. The number of hydrogen-bond acceptors (Lipinski definition) is 6. The van der Waals surface area contributed by atoms with Gasteiger partial charge in [0.15, 0.2) is 0 Å². The second-order valence-electron chi connectivity index (χ2n) is 9.83. The Morgan fingerprint density at radius 3 is 2.24 bits per heavy atom. The highest BCUT2D eigenvalue weighted by Crippen LogP contribution is 2.35. The van der Waals surface area contributed by atoms with E-state index in [4.69, 9.17) is 21.1 Å². The Balaban J connectivity index is 2.06. The summed E-state index contributed by atoms with van der Waals surface area (Å²) in [5, 5.41) is 3.14. The van der Waals surface area contributed by atoms with E-state index in [2.05, 4.69) is 5.32 Å². The van der Waals surface area contributed by atoms with Crippen LogP contribution in [-0.2, 0) is 26.2 Å². The van der Waals surface area contributed by atoms with Crippen LogP contribution in [0.3, 0.4) is 0 Å². The molecule has 0 aliphatic carbocycles. The summed E-state index contributed by atoms with van der Waals surface area (Å²) in [4.78, 5) is 28.6. The average molecular weight is 616 g/mol. The van der Waals surface area contributed by atoms with E-state index in [9.17, 15) is 18.0 Å². The molecule has 0 unspecified atom stereocenters. The Labute approximate surface area is 253 Å². The van der Waals surface area contributed by atoms with Gasteiger partial charge >= 0.3 is 0 Å². The van der Waals surface area contributed by atoms with E-state index in [1.807, 2.05) is 13.8 Å². The SMILES string of the molecule is CCCCNC(=O)[C@@H](C)N(Cc1ccc(OC)cc1)C(=O)CN(c1cc(Cl)ccc1OC)S(=O)(=O)c1ccc(C)cc1. The summed E-state index contributed by atoms with van der Waals surface area (Å²) in [5.41, 5.74) is 1.72. The van der Waals surface area contributed by atoms with Gasteiger partial charge in [0.2, 0.25) is 11.8 Å². The zero-order valence-electron chi connectivity index (χ0n) is 24.6. The van der Waals surface area contributed by atoms with E-state index in [1.165, 1.54) is 30.2 Å². The summed E-state index contributed by atoms with van der Waals surface area (Å²) in [5.74, 6) is -0.0550. The van der Waals surface area contributed by atoms with Gasteiger partial charge in [0.05, 0.1) is 24.8 Å². The van der Waals surface area contributed by atoms with Crippen molar-refractivity contribution in [3.05, 3.63) is 82.9 Å². The van der Waals surface area contributed by atoms with E-state index in [0.29, 0.717) is 12.3 Å². The number of benzene rings is 3. The third-order valence-electron chi connectivity index (χ3n) is 6.81. The molecule has 0 saturated carbocycles. The van der Waals surface area contributed by atoms with Crippen LogP contribution in [-0.4, -0.2) is 58.5 Å². The molecule has 0 radical (unpaired) electrons. The lowest BCUT2D eigenvalue weighted by Crippen LogP contribution is -2.51. The van der Waals surface area contributed by atoms with Crippen LogP contribution in [0.2, 0.25) is 5.02 Å². The monoisotopic (exact) mass is 615 g/mol. The van der Waals surface area contributed by atoms with Gasteiger partial charge in [0.1, 0.15) is 24.1 Å². The molecule has 0 heterocycles. The molecular weight excluding hydrogens is 578 g/mol. The highest BCUT2D eigenvalue weighted by atomic mass is 35.5. The molecule has 42 heavy (non-hydrogen) atoms. The number of sulfonamides is 1. The van der Waals surface area contributed by atoms with Gasteiger partial charge in [0.25, 0.3) is 10.0 Å². The van der Waals surface area contributed by atoms with Crippen LogP contribution < -0.4 is 19.1 Å². The first kappa shape index (κ1) is 32.8. The summed E-state index contributed by atoms with van der Waals surface area (Å²) in [6.07, 6.45) is 1.69. The van der Waals surface area contributed by atoms with Gasteiger partial charge in [-0.05, 0) is 68.3 Å². The molecule has 0 bridgehead atoms. The standard InChI is InChI=1S/C31H38ClN3O6S/c1-6-7-18-33-31(37)23(3)34(20-24-10-13-26(40-4)14-11-24)30(36)21-35(28-19-25(32)12-17-29(28)41-5)42(38,39)27-15-8-22(2)9-16-27/h8-17,19,23H,6-7,18,20-21H2,1-5H3,(H,33,37)/t23-/m1/s1. The largest absolute Gasteiger partial charge is 0.497 e. The number of amides is 2. The Morgan fingerprint density at radius 2 is 1.64 bits per heavy atom. The summed E-state index contributed by atoms with van der Waals surface area (Å²) in [6.45, 7) is 5.43. The summed E-state index contributed by atoms with van der Waals surface area (Å²) in [7, 11) is -1.30. The van der Waals surface area contributed by atoms with Crippen LogP contribution in [0.15, 0.2) is 71.6 Å². The predicted octanol–water partition coefficient (Wildman–Crippen LogP) is 5.19. The molecule has 0 saturated heterocycles. The van der Waals surface area contributed by atoms with Crippen molar-refractivity contribution < 1.29 is 27.5 Å². The molecule has 3 rings (SSSR count). The number of anilines is 1. The fraction of sp³-hybridized carbons (Fsp3) is 0.355. The van der Waals surface area contributed by atoms with Crippen molar-refractivity contribution in [3.8, 4) is 11.5 Å². The number of carbonyl (C=O) groups excluding carboxylic acids is 2. The highest BCUT2D eigenvalue weighted by Gasteiger charge is 2.34.